The molecule has 1 amide bonds. The second-order valence-corrected chi connectivity index (χ2v) is 6.46. The van der Waals surface area contributed by atoms with Crippen molar-refractivity contribution in [3.8, 4) is 0 Å². The number of nitrogens with zero attached hydrogens (tertiary/aromatic N) is 3. The van der Waals surface area contributed by atoms with E-state index in [1.54, 1.807) is 6.92 Å². The van der Waals surface area contributed by atoms with Crippen LogP contribution < -0.4 is 5.32 Å². The fourth-order valence-corrected chi connectivity index (χ4v) is 3.25. The van der Waals surface area contributed by atoms with Crippen molar-refractivity contribution in [1.29, 1.82) is 0 Å². The number of aromatic nitrogens is 2. The van der Waals surface area contributed by atoms with Gasteiger partial charge in [0.15, 0.2) is 5.82 Å². The van der Waals surface area contributed by atoms with Crippen LogP contribution in [0, 0.1) is 6.92 Å². The zero-order chi connectivity index (χ0) is 16.9. The highest BCUT2D eigenvalue weighted by Crippen LogP contribution is 2.26. The highest BCUT2D eigenvalue weighted by Gasteiger charge is 2.24. The molecular formula is C17H21ClN4O2. The Hall–Kier alpha value is -1.92. The fourth-order valence-electron chi connectivity index (χ4n) is 3.05. The summed E-state index contributed by atoms with van der Waals surface area (Å²) in [4.78, 5) is 18.6. The van der Waals surface area contributed by atoms with Crippen LogP contribution in [0.5, 0.6) is 0 Å². The van der Waals surface area contributed by atoms with Gasteiger partial charge < -0.3 is 9.84 Å². The molecule has 1 aromatic carbocycles. The Kier molecular flexibility index (Phi) is 5.48. The van der Waals surface area contributed by atoms with Crippen LogP contribution in [0.2, 0.25) is 5.02 Å². The molecule has 0 radical (unpaired) electrons. The predicted octanol–water partition coefficient (Wildman–Crippen LogP) is 2.53. The molecular weight excluding hydrogens is 328 g/mol. The van der Waals surface area contributed by atoms with Crippen molar-refractivity contribution in [1.82, 2.24) is 20.4 Å². The van der Waals surface area contributed by atoms with Crippen LogP contribution in [0.15, 0.2) is 28.8 Å². The number of nitrogens with one attached hydrogen (secondary N) is 1. The number of hydrogen-bond donors (Lipinski definition) is 1. The van der Waals surface area contributed by atoms with Crippen LogP contribution in [-0.4, -0.2) is 40.6 Å². The first-order valence-electron chi connectivity index (χ1n) is 8.17. The van der Waals surface area contributed by atoms with Gasteiger partial charge in [-0.05, 0) is 43.6 Å². The lowest BCUT2D eigenvalue weighted by Crippen LogP contribution is -2.37. The summed E-state index contributed by atoms with van der Waals surface area (Å²) in [6, 6.07) is 7.97. The standard InChI is InChI=1S/C17H21ClN4O2/c1-12-20-16(21-24-12)10-17(23)19-11-15(22-7-2-3-8-22)13-5-4-6-14(18)9-13/h4-6,9,15H,2-3,7-8,10-11H2,1H3,(H,19,23). The van der Waals surface area contributed by atoms with Crippen LogP contribution in [0.1, 0.15) is 36.2 Å². The zero-order valence-corrected chi connectivity index (χ0v) is 14.4. The molecule has 0 saturated carbocycles. The van der Waals surface area contributed by atoms with Crippen LogP contribution in [0.3, 0.4) is 0 Å². The number of likely N-dealkylation sites (tertiary alicyclic amines) is 1. The Balaban J connectivity index is 1.64. The minimum Gasteiger partial charge on any atom is -0.354 e. The molecule has 1 aliphatic rings. The number of hydrogen-bond acceptors (Lipinski definition) is 5. The van der Waals surface area contributed by atoms with E-state index in [1.165, 1.54) is 12.8 Å². The maximum Gasteiger partial charge on any atom is 0.227 e. The highest BCUT2D eigenvalue weighted by molar-refractivity contribution is 6.30. The SMILES string of the molecule is Cc1nc(CC(=O)NCC(c2cccc(Cl)c2)N2CCCC2)no1. The second kappa shape index (κ2) is 7.77. The summed E-state index contributed by atoms with van der Waals surface area (Å²) in [7, 11) is 0. The van der Waals surface area contributed by atoms with Gasteiger partial charge in [0, 0.05) is 18.5 Å². The minimum absolute atomic E-state index is 0.109. The monoisotopic (exact) mass is 348 g/mol. The van der Waals surface area contributed by atoms with Gasteiger partial charge in [0.05, 0.1) is 12.5 Å². The molecule has 1 fully saturated rings. The van der Waals surface area contributed by atoms with Crippen molar-refractivity contribution >= 4 is 17.5 Å². The fraction of sp³-hybridized carbons (Fsp3) is 0.471. The molecule has 128 valence electrons. The average molecular weight is 349 g/mol. The normalized spacial score (nSPS) is 16.2. The zero-order valence-electron chi connectivity index (χ0n) is 13.7. The largest absolute Gasteiger partial charge is 0.354 e. The molecule has 3 rings (SSSR count). The summed E-state index contributed by atoms with van der Waals surface area (Å²) >= 11 is 6.14. The number of amides is 1. The van der Waals surface area contributed by atoms with E-state index in [9.17, 15) is 4.79 Å². The minimum atomic E-state index is -0.109. The molecule has 1 aromatic heterocycles. The maximum absolute atomic E-state index is 12.2. The van der Waals surface area contributed by atoms with Crippen molar-refractivity contribution < 1.29 is 9.32 Å². The first kappa shape index (κ1) is 16.9. The van der Waals surface area contributed by atoms with Crippen LogP contribution in [0.4, 0.5) is 0 Å². The Labute approximate surface area is 146 Å². The molecule has 7 heteroatoms. The van der Waals surface area contributed by atoms with E-state index < -0.39 is 0 Å². The van der Waals surface area contributed by atoms with E-state index >= 15 is 0 Å². The third-order valence-corrected chi connectivity index (χ3v) is 4.43. The topological polar surface area (TPSA) is 71.3 Å². The number of aryl methyl sites for hydroxylation is 1. The average Bonchev–Trinajstić information content (AvgIpc) is 3.20. The third kappa shape index (κ3) is 4.33. The number of halogens is 1. The highest BCUT2D eigenvalue weighted by atomic mass is 35.5. The smallest absolute Gasteiger partial charge is 0.227 e. The number of benzene rings is 1. The Morgan fingerprint density at radius 2 is 2.21 bits per heavy atom. The van der Waals surface area contributed by atoms with Crippen LogP contribution in [-0.2, 0) is 11.2 Å². The number of rotatable bonds is 6. The summed E-state index contributed by atoms with van der Waals surface area (Å²) < 4.78 is 4.89. The summed E-state index contributed by atoms with van der Waals surface area (Å²) in [5.74, 6) is 0.763. The van der Waals surface area contributed by atoms with Gasteiger partial charge in [-0.15, -0.1) is 0 Å². The van der Waals surface area contributed by atoms with Crippen molar-refractivity contribution in [2.45, 2.75) is 32.2 Å². The summed E-state index contributed by atoms with van der Waals surface area (Å²) in [5, 5.41) is 7.46. The predicted molar refractivity (Wildman–Crippen MR) is 90.7 cm³/mol. The van der Waals surface area contributed by atoms with Crippen molar-refractivity contribution in [3.63, 3.8) is 0 Å². The maximum atomic E-state index is 12.2. The van der Waals surface area contributed by atoms with E-state index in [4.69, 9.17) is 16.1 Å². The van der Waals surface area contributed by atoms with Gasteiger partial charge in [-0.1, -0.05) is 28.9 Å². The second-order valence-electron chi connectivity index (χ2n) is 6.02. The quantitative estimate of drug-likeness (QED) is 0.868. The molecule has 2 aromatic rings. The molecule has 1 saturated heterocycles. The lowest BCUT2D eigenvalue weighted by molar-refractivity contribution is -0.120. The first-order chi connectivity index (χ1) is 11.6. The molecule has 0 spiro atoms. The van der Waals surface area contributed by atoms with Crippen LogP contribution >= 0.6 is 11.6 Å². The van der Waals surface area contributed by atoms with E-state index in [1.807, 2.05) is 18.2 Å². The molecule has 1 atom stereocenters. The molecule has 6 nitrogen and oxygen atoms in total. The van der Waals surface area contributed by atoms with Gasteiger partial charge in [0.2, 0.25) is 11.8 Å². The van der Waals surface area contributed by atoms with E-state index in [0.717, 1.165) is 18.7 Å². The van der Waals surface area contributed by atoms with Crippen molar-refractivity contribution in [3.05, 3.63) is 46.6 Å². The lowest BCUT2D eigenvalue weighted by atomic mass is 10.1. The summed E-state index contributed by atoms with van der Waals surface area (Å²) in [6.45, 7) is 4.32. The molecule has 1 N–H and O–H groups in total. The Morgan fingerprint density at radius 1 is 1.42 bits per heavy atom. The third-order valence-electron chi connectivity index (χ3n) is 4.20. The van der Waals surface area contributed by atoms with Gasteiger partial charge in [0.1, 0.15) is 0 Å². The molecule has 0 aliphatic carbocycles. The van der Waals surface area contributed by atoms with Crippen molar-refractivity contribution in [2.24, 2.45) is 0 Å². The van der Waals surface area contributed by atoms with Crippen molar-refractivity contribution in [2.75, 3.05) is 19.6 Å². The number of carbonyl (C=O) groups is 1. The molecule has 24 heavy (non-hydrogen) atoms. The summed E-state index contributed by atoms with van der Waals surface area (Å²) in [6.07, 6.45) is 2.50. The molecule has 1 aliphatic heterocycles. The molecule has 2 heterocycles. The van der Waals surface area contributed by atoms with E-state index in [-0.39, 0.29) is 18.4 Å². The first-order valence-corrected chi connectivity index (χ1v) is 8.55. The number of carbonyl (C=O) groups excluding carboxylic acids is 1. The Bertz CT molecular complexity index is 697. The molecule has 0 bridgehead atoms. The Morgan fingerprint density at radius 3 is 2.88 bits per heavy atom. The van der Waals surface area contributed by atoms with Gasteiger partial charge >= 0.3 is 0 Å². The van der Waals surface area contributed by atoms with Crippen LogP contribution in [0.25, 0.3) is 0 Å². The van der Waals surface area contributed by atoms with E-state index in [2.05, 4.69) is 26.4 Å². The molecule has 1 unspecified atom stereocenters. The summed E-state index contributed by atoms with van der Waals surface area (Å²) in [5.41, 5.74) is 1.13. The van der Waals surface area contributed by atoms with Gasteiger partial charge in [0.25, 0.3) is 0 Å². The van der Waals surface area contributed by atoms with E-state index in [0.29, 0.717) is 23.3 Å². The lowest BCUT2D eigenvalue weighted by Gasteiger charge is -2.28. The van der Waals surface area contributed by atoms with Gasteiger partial charge in [-0.2, -0.15) is 4.98 Å². The van der Waals surface area contributed by atoms with Gasteiger partial charge in [-0.3, -0.25) is 9.69 Å². The van der Waals surface area contributed by atoms with Gasteiger partial charge in [-0.25, -0.2) is 0 Å².